The van der Waals surface area contributed by atoms with E-state index in [0.717, 1.165) is 29.9 Å². The first-order valence-corrected chi connectivity index (χ1v) is 17.0. The molecule has 2 bridgehead atoms. The van der Waals surface area contributed by atoms with Gasteiger partial charge in [-0.1, -0.05) is 66.4 Å². The molecule has 1 saturated carbocycles. The van der Waals surface area contributed by atoms with Gasteiger partial charge in [0.25, 0.3) is 0 Å². The molecule has 2 unspecified atom stereocenters. The molecule has 33 heavy (non-hydrogen) atoms. The lowest BCUT2D eigenvalue weighted by Crippen LogP contribution is -2.52. The van der Waals surface area contributed by atoms with E-state index < -0.39 is 25.5 Å². The van der Waals surface area contributed by atoms with Crippen LogP contribution in [0.15, 0.2) is 23.8 Å². The van der Waals surface area contributed by atoms with Crippen LogP contribution in [0.2, 0.25) is 13.1 Å². The van der Waals surface area contributed by atoms with Gasteiger partial charge in [-0.15, -0.1) is 0 Å². The SMILES string of the molecule is CCCCCCC(C)(C)c1cc(O[SiH2]C)c([C@H]2C=C(C(=O)O)C3CC2C3(C)C)c(O[SiH2]C)c1. The van der Waals surface area contributed by atoms with E-state index in [4.69, 9.17) is 8.85 Å². The van der Waals surface area contributed by atoms with Gasteiger partial charge in [0.05, 0.1) is 0 Å². The molecule has 4 nitrogen and oxygen atoms in total. The lowest BCUT2D eigenvalue weighted by molar-refractivity contribution is -0.137. The zero-order valence-corrected chi connectivity index (χ0v) is 24.6. The van der Waals surface area contributed by atoms with Gasteiger partial charge in [-0.3, -0.25) is 0 Å². The number of hydrogen-bond acceptors (Lipinski definition) is 3. The topological polar surface area (TPSA) is 55.8 Å². The van der Waals surface area contributed by atoms with Crippen molar-refractivity contribution >= 4 is 25.5 Å². The fraction of sp³-hybridized carbons (Fsp3) is 0.667. The first-order valence-electron chi connectivity index (χ1n) is 13.0. The lowest BCUT2D eigenvalue weighted by Gasteiger charge is -2.58. The van der Waals surface area contributed by atoms with Gasteiger partial charge in [-0.05, 0) is 66.3 Å². The second-order valence-electron chi connectivity index (χ2n) is 11.1. The second kappa shape index (κ2) is 10.4. The Bertz CT molecular complexity index is 863. The number of benzene rings is 1. The van der Waals surface area contributed by atoms with E-state index in [0.29, 0.717) is 11.5 Å². The van der Waals surface area contributed by atoms with Gasteiger partial charge in [0.15, 0.2) is 0 Å². The number of fused-ring (bicyclic) bond motifs is 1. The highest BCUT2D eigenvalue weighted by atomic mass is 28.2. The van der Waals surface area contributed by atoms with Crippen molar-refractivity contribution in [2.75, 3.05) is 0 Å². The predicted molar refractivity (Wildman–Crippen MR) is 142 cm³/mol. The summed E-state index contributed by atoms with van der Waals surface area (Å²) in [6.45, 7) is 15.7. The average Bonchev–Trinajstić information content (AvgIpc) is 2.76. The molecule has 0 spiro atoms. The van der Waals surface area contributed by atoms with Gasteiger partial charge in [0.2, 0.25) is 19.5 Å². The van der Waals surface area contributed by atoms with Crippen molar-refractivity contribution in [1.82, 2.24) is 0 Å². The maximum Gasteiger partial charge on any atom is 0.331 e. The molecule has 0 heterocycles. The molecule has 3 aliphatic carbocycles. The third-order valence-electron chi connectivity index (χ3n) is 8.23. The molecule has 184 valence electrons. The van der Waals surface area contributed by atoms with Crippen molar-refractivity contribution in [2.45, 2.75) is 97.6 Å². The third kappa shape index (κ3) is 5.12. The molecule has 1 aromatic rings. The summed E-state index contributed by atoms with van der Waals surface area (Å²) in [5.74, 6) is 1.69. The monoisotopic (exact) mass is 488 g/mol. The second-order valence-corrected chi connectivity index (χ2v) is 12.8. The van der Waals surface area contributed by atoms with E-state index >= 15 is 0 Å². The maximum absolute atomic E-state index is 12.1. The molecule has 0 aliphatic heterocycles. The Morgan fingerprint density at radius 2 is 1.73 bits per heavy atom. The van der Waals surface area contributed by atoms with Crippen LogP contribution in [0.4, 0.5) is 0 Å². The Labute approximate surface area is 205 Å². The number of unbranched alkanes of at least 4 members (excludes halogenated alkanes) is 3. The standard InChI is InChI=1S/C27H44O4Si2/c1-8-9-10-11-12-26(2,3)17-13-22(30-32-6)24(23(14-17)31-33-7)18-15-19(25(28)29)21-16-20(18)27(21,4)5/h13-15,18,20-21H,8-12,16,32-33H2,1-7H3,(H,28,29)/t18-,20?,21?/m0/s1. The Morgan fingerprint density at radius 1 is 1.12 bits per heavy atom. The summed E-state index contributed by atoms with van der Waals surface area (Å²) < 4.78 is 12.8. The molecule has 1 N–H and O–H groups in total. The number of rotatable bonds is 12. The number of carboxylic acid groups (broad SMARTS) is 1. The van der Waals surface area contributed by atoms with Crippen LogP contribution in [-0.2, 0) is 10.2 Å². The first kappa shape index (κ1) is 26.1. The van der Waals surface area contributed by atoms with E-state index in [2.05, 4.69) is 59.8 Å². The van der Waals surface area contributed by atoms with Gasteiger partial charge < -0.3 is 14.0 Å². The highest BCUT2D eigenvalue weighted by Gasteiger charge is 2.57. The minimum atomic E-state index is -0.777. The molecular formula is C27H44O4Si2. The van der Waals surface area contributed by atoms with Crippen LogP contribution in [0.5, 0.6) is 11.5 Å². The zero-order valence-electron chi connectivity index (χ0n) is 21.8. The van der Waals surface area contributed by atoms with E-state index in [1.165, 1.54) is 31.2 Å². The average molecular weight is 489 g/mol. The predicted octanol–water partition coefficient (Wildman–Crippen LogP) is 5.73. The Morgan fingerprint density at radius 3 is 2.21 bits per heavy atom. The van der Waals surface area contributed by atoms with Crippen LogP contribution < -0.4 is 8.85 Å². The van der Waals surface area contributed by atoms with Crippen molar-refractivity contribution in [2.24, 2.45) is 17.3 Å². The van der Waals surface area contributed by atoms with Gasteiger partial charge >= 0.3 is 5.97 Å². The third-order valence-corrected chi connectivity index (χ3v) is 9.43. The van der Waals surface area contributed by atoms with Gasteiger partial charge in [0.1, 0.15) is 11.5 Å². The first-order chi connectivity index (χ1) is 15.6. The largest absolute Gasteiger partial charge is 0.549 e. The van der Waals surface area contributed by atoms with Crippen molar-refractivity contribution in [1.29, 1.82) is 0 Å². The minimum Gasteiger partial charge on any atom is -0.549 e. The smallest absolute Gasteiger partial charge is 0.331 e. The number of allylic oxidation sites excluding steroid dienone is 1. The quantitative estimate of drug-likeness (QED) is 0.302. The molecule has 0 saturated heterocycles. The Kier molecular flexibility index (Phi) is 8.21. The summed E-state index contributed by atoms with van der Waals surface area (Å²) in [5.41, 5.74) is 2.97. The van der Waals surface area contributed by atoms with Crippen LogP contribution in [0, 0.1) is 17.3 Å². The fourth-order valence-electron chi connectivity index (χ4n) is 6.04. The summed E-state index contributed by atoms with van der Waals surface area (Å²) in [4.78, 5) is 12.1. The van der Waals surface area contributed by atoms with Crippen LogP contribution in [0.3, 0.4) is 0 Å². The van der Waals surface area contributed by atoms with Crippen molar-refractivity contribution in [3.63, 3.8) is 0 Å². The number of carboxylic acids is 1. The molecule has 0 aromatic heterocycles. The summed E-state index contributed by atoms with van der Waals surface area (Å²) >= 11 is 0. The zero-order chi connectivity index (χ0) is 24.4. The molecule has 3 aliphatic rings. The number of carbonyl (C=O) groups is 1. The van der Waals surface area contributed by atoms with Crippen LogP contribution in [0.1, 0.15) is 90.2 Å². The highest BCUT2D eigenvalue weighted by Crippen LogP contribution is 2.65. The Balaban J connectivity index is 2.08. The number of aliphatic carboxylic acids is 1. The molecule has 4 rings (SSSR count). The molecule has 0 amide bonds. The van der Waals surface area contributed by atoms with Crippen molar-refractivity contribution < 1.29 is 18.8 Å². The molecule has 6 heteroatoms. The molecular weight excluding hydrogens is 444 g/mol. The van der Waals surface area contributed by atoms with E-state index in [1.54, 1.807) is 0 Å². The highest BCUT2D eigenvalue weighted by molar-refractivity contribution is 6.26. The molecule has 0 radical (unpaired) electrons. The normalized spacial score (nSPS) is 24.2. The summed E-state index contributed by atoms with van der Waals surface area (Å²) in [5, 5.41) is 9.93. The summed E-state index contributed by atoms with van der Waals surface area (Å²) in [7, 11) is -1.39. The lowest BCUT2D eigenvalue weighted by atomic mass is 9.45. The molecule has 1 fully saturated rings. The fourth-order valence-corrected chi connectivity index (χ4v) is 7.14. The Hall–Kier alpha value is -1.54. The van der Waals surface area contributed by atoms with Gasteiger partial charge in [0, 0.05) is 17.1 Å². The van der Waals surface area contributed by atoms with E-state index in [9.17, 15) is 9.90 Å². The maximum atomic E-state index is 12.1. The van der Waals surface area contributed by atoms with E-state index in [1.807, 2.05) is 6.08 Å². The van der Waals surface area contributed by atoms with Crippen molar-refractivity contribution in [3.8, 4) is 11.5 Å². The molecule has 1 aromatic carbocycles. The van der Waals surface area contributed by atoms with Crippen LogP contribution in [0.25, 0.3) is 0 Å². The van der Waals surface area contributed by atoms with Crippen molar-refractivity contribution in [3.05, 3.63) is 34.9 Å². The number of hydrogen-bond donors (Lipinski definition) is 1. The van der Waals surface area contributed by atoms with Crippen LogP contribution >= 0.6 is 0 Å². The van der Waals surface area contributed by atoms with E-state index in [-0.39, 0.29) is 22.7 Å². The summed E-state index contributed by atoms with van der Waals surface area (Å²) in [6, 6.07) is 4.50. The minimum absolute atomic E-state index is 0.0216. The van der Waals surface area contributed by atoms with Gasteiger partial charge in [-0.2, -0.15) is 0 Å². The van der Waals surface area contributed by atoms with Gasteiger partial charge in [-0.25, -0.2) is 4.79 Å². The molecule has 3 atom stereocenters. The summed E-state index contributed by atoms with van der Waals surface area (Å²) in [6.07, 6.45) is 9.14. The van der Waals surface area contributed by atoms with Crippen LogP contribution in [-0.4, -0.2) is 30.6 Å².